The summed E-state index contributed by atoms with van der Waals surface area (Å²) in [6.45, 7) is 6.37. The summed E-state index contributed by atoms with van der Waals surface area (Å²) in [5.74, 6) is -1.20. The molecule has 0 N–H and O–H groups in total. The number of ether oxygens (including phenoxy) is 1. The minimum absolute atomic E-state index is 0. The molecule has 0 aliphatic carbocycles. The van der Waals surface area contributed by atoms with E-state index >= 15 is 0 Å². The number of aliphatic carboxylic acids is 1. The molecule has 4 aromatic rings. The van der Waals surface area contributed by atoms with Gasteiger partial charge in [0.2, 0.25) is 0 Å². The van der Waals surface area contributed by atoms with Gasteiger partial charge < -0.3 is 14.6 Å². The van der Waals surface area contributed by atoms with Crippen LogP contribution in [0.5, 0.6) is 5.75 Å². The van der Waals surface area contributed by atoms with Crippen molar-refractivity contribution in [3.05, 3.63) is 94.6 Å². The number of carboxylic acid groups (broad SMARTS) is 1. The van der Waals surface area contributed by atoms with E-state index in [2.05, 4.69) is 29.5 Å². The van der Waals surface area contributed by atoms with Gasteiger partial charge in [0, 0.05) is 23.1 Å². The number of benzene rings is 3. The first kappa shape index (κ1) is 27.7. The summed E-state index contributed by atoms with van der Waals surface area (Å²) in [4.78, 5) is 26.1. The molecule has 0 atom stereocenters. The molecule has 1 heterocycles. The van der Waals surface area contributed by atoms with Crippen molar-refractivity contribution in [2.24, 2.45) is 0 Å². The molecule has 6 nitrogen and oxygen atoms in total. The van der Waals surface area contributed by atoms with Gasteiger partial charge in [0.25, 0.3) is 0 Å². The molecule has 0 bridgehead atoms. The number of Topliss-reactive ketones (excluding diaryl/α,β-unsaturated/α-hetero) is 1. The zero-order valence-electron chi connectivity index (χ0n) is 21.0. The van der Waals surface area contributed by atoms with E-state index in [9.17, 15) is 14.7 Å². The zero-order valence-corrected chi connectivity index (χ0v) is 23.8. The summed E-state index contributed by atoms with van der Waals surface area (Å²) in [5, 5.41) is 12.5. The van der Waals surface area contributed by atoms with Gasteiger partial charge in [-0.15, -0.1) is 0 Å². The number of hydrogen-bond acceptors (Lipinski definition) is 7. The largest absolute Gasteiger partial charge is 1.00 e. The van der Waals surface area contributed by atoms with Crippen LogP contribution in [0, 0.1) is 0 Å². The number of rotatable bonds is 7. The first-order chi connectivity index (χ1) is 16.7. The van der Waals surface area contributed by atoms with Gasteiger partial charge in [0.1, 0.15) is 16.8 Å². The van der Waals surface area contributed by atoms with Crippen molar-refractivity contribution < 1.29 is 49.0 Å². The summed E-state index contributed by atoms with van der Waals surface area (Å²) >= 11 is 1.04. The van der Waals surface area contributed by atoms with Gasteiger partial charge in [-0.3, -0.25) is 4.79 Å². The maximum Gasteiger partial charge on any atom is 1.00 e. The fourth-order valence-electron chi connectivity index (χ4n) is 3.88. The summed E-state index contributed by atoms with van der Waals surface area (Å²) in [6, 6.07) is 19.5. The molecule has 4 rings (SSSR count). The first-order valence-corrected chi connectivity index (χ1v) is 11.9. The van der Waals surface area contributed by atoms with Gasteiger partial charge in [-0.2, -0.15) is 8.75 Å². The minimum Gasteiger partial charge on any atom is -0.545 e. The normalized spacial score (nSPS) is 12.0. The zero-order chi connectivity index (χ0) is 25.2. The Labute approximate surface area is 236 Å². The molecule has 178 valence electrons. The van der Waals surface area contributed by atoms with Crippen molar-refractivity contribution in [1.82, 2.24) is 8.75 Å². The van der Waals surface area contributed by atoms with Crippen LogP contribution in [0.25, 0.3) is 16.6 Å². The van der Waals surface area contributed by atoms with Gasteiger partial charge in [-0.05, 0) is 58.5 Å². The molecule has 0 fully saturated rings. The molecule has 0 unspecified atom stereocenters. The predicted molar refractivity (Wildman–Crippen MR) is 136 cm³/mol. The summed E-state index contributed by atoms with van der Waals surface area (Å²) < 4.78 is 13.6. The number of fused-ring (bicyclic) bond motifs is 1. The van der Waals surface area contributed by atoms with Crippen LogP contribution in [-0.4, -0.2) is 27.6 Å². The average molecular weight is 509 g/mol. The fraction of sp³-hybridized carbons (Fsp3) is 0.214. The molecule has 0 amide bonds. The molecule has 36 heavy (non-hydrogen) atoms. The molecular formula is C28H25N2NaO4S. The van der Waals surface area contributed by atoms with Crippen LogP contribution < -0.4 is 39.4 Å². The van der Waals surface area contributed by atoms with E-state index in [1.54, 1.807) is 49.6 Å². The van der Waals surface area contributed by atoms with Crippen LogP contribution in [0.15, 0.2) is 72.3 Å². The monoisotopic (exact) mass is 508 g/mol. The Kier molecular flexibility index (Phi) is 8.84. The average Bonchev–Trinajstić information content (AvgIpc) is 3.31. The Balaban J connectivity index is 0.00000361. The number of carboxylic acids is 1. The Hall–Kier alpha value is -2.84. The molecule has 0 aliphatic heterocycles. The third-order valence-electron chi connectivity index (χ3n) is 5.88. The number of carbonyl (C=O) groups excluding carboxylic acids is 2. The standard InChI is InChI=1S/C28H26N2O4S.Na/c1-28(2,3)20-10-5-17(6-11-20)15-22(26(31)18-7-12-21(34-4)13-8-18)25(27(32)33)19-9-14-23-24(16-19)30-35-29-23;/h5-14,16H,15H2,1-4H3,(H,32,33);/q;+1/p-1. The minimum atomic E-state index is -1.42. The number of ketones is 1. The van der Waals surface area contributed by atoms with Gasteiger partial charge in [0.05, 0.1) is 24.8 Å². The molecule has 0 saturated heterocycles. The number of nitrogens with zero attached hydrogens (tertiary/aromatic N) is 2. The molecule has 1 aromatic heterocycles. The van der Waals surface area contributed by atoms with Gasteiger partial charge in [0.15, 0.2) is 5.78 Å². The topological polar surface area (TPSA) is 92.2 Å². The van der Waals surface area contributed by atoms with Crippen LogP contribution in [0.3, 0.4) is 0 Å². The van der Waals surface area contributed by atoms with Crippen molar-refractivity contribution in [3.8, 4) is 5.75 Å². The van der Waals surface area contributed by atoms with Crippen LogP contribution in [0.4, 0.5) is 0 Å². The second-order valence-corrected chi connectivity index (χ2v) is 9.82. The molecule has 0 saturated carbocycles. The second-order valence-electron chi connectivity index (χ2n) is 9.29. The molecule has 0 aliphatic rings. The number of hydrogen-bond donors (Lipinski definition) is 0. The first-order valence-electron chi connectivity index (χ1n) is 11.1. The number of aromatic nitrogens is 2. The third-order valence-corrected chi connectivity index (χ3v) is 6.43. The van der Waals surface area contributed by atoms with Crippen molar-refractivity contribution in [2.45, 2.75) is 32.6 Å². The van der Waals surface area contributed by atoms with E-state index in [-0.39, 0.29) is 58.3 Å². The number of methoxy groups -OCH3 is 1. The SMILES string of the molecule is COc1ccc(C(=O)C(Cc2ccc(C(C)(C)C)cc2)=C(C(=O)[O-])c2ccc3nsnc3c2)cc1.[Na+]. The Bertz CT molecular complexity index is 1420. The van der Waals surface area contributed by atoms with Crippen LogP contribution in [-0.2, 0) is 16.6 Å². The van der Waals surface area contributed by atoms with Crippen molar-refractivity contribution >= 4 is 40.1 Å². The van der Waals surface area contributed by atoms with E-state index in [4.69, 9.17) is 4.74 Å². The number of allylic oxidation sites excluding steroid dienone is 1. The van der Waals surface area contributed by atoms with Crippen LogP contribution in [0.1, 0.15) is 47.8 Å². The smallest absolute Gasteiger partial charge is 0.545 e. The van der Waals surface area contributed by atoms with E-state index in [1.165, 1.54) is 0 Å². The van der Waals surface area contributed by atoms with Gasteiger partial charge in [-0.25, -0.2) is 0 Å². The van der Waals surface area contributed by atoms with Crippen LogP contribution >= 0.6 is 11.7 Å². The maximum absolute atomic E-state index is 13.7. The van der Waals surface area contributed by atoms with Gasteiger partial charge >= 0.3 is 29.6 Å². The Morgan fingerprint density at radius 2 is 1.50 bits per heavy atom. The third kappa shape index (κ3) is 6.10. The van der Waals surface area contributed by atoms with Crippen molar-refractivity contribution in [1.29, 1.82) is 0 Å². The predicted octanol–water partition coefficient (Wildman–Crippen LogP) is 1.63. The molecule has 0 spiro atoms. The summed E-state index contributed by atoms with van der Waals surface area (Å²) in [5.41, 5.74) is 3.88. The molecule has 0 radical (unpaired) electrons. The Morgan fingerprint density at radius 3 is 2.08 bits per heavy atom. The molecule has 8 heteroatoms. The van der Waals surface area contributed by atoms with E-state index in [0.29, 0.717) is 27.9 Å². The fourth-order valence-corrected chi connectivity index (χ4v) is 4.40. The van der Waals surface area contributed by atoms with Gasteiger partial charge in [-0.1, -0.05) is 51.1 Å². The quantitative estimate of drug-likeness (QED) is 0.214. The van der Waals surface area contributed by atoms with E-state index < -0.39 is 5.97 Å². The van der Waals surface area contributed by atoms with Crippen LogP contribution in [0.2, 0.25) is 0 Å². The second kappa shape index (κ2) is 11.5. The van der Waals surface area contributed by atoms with Crippen molar-refractivity contribution in [2.75, 3.05) is 7.11 Å². The summed E-state index contributed by atoms with van der Waals surface area (Å²) in [7, 11) is 1.54. The molecular weight excluding hydrogens is 483 g/mol. The van der Waals surface area contributed by atoms with E-state index in [1.807, 2.05) is 24.3 Å². The van der Waals surface area contributed by atoms with Crippen molar-refractivity contribution in [3.63, 3.8) is 0 Å². The summed E-state index contributed by atoms with van der Waals surface area (Å²) in [6.07, 6.45) is 0.131. The Morgan fingerprint density at radius 1 is 0.889 bits per heavy atom. The molecule has 3 aromatic carbocycles. The number of carbonyl (C=O) groups is 2. The maximum atomic E-state index is 13.7. The van der Waals surface area contributed by atoms with E-state index in [0.717, 1.165) is 22.9 Å².